The van der Waals surface area contributed by atoms with E-state index >= 15 is 0 Å². The Morgan fingerprint density at radius 1 is 1.67 bits per heavy atom. The van der Waals surface area contributed by atoms with Gasteiger partial charge in [0.25, 0.3) is 0 Å². The summed E-state index contributed by atoms with van der Waals surface area (Å²) in [4.78, 5) is 10.5. The van der Waals surface area contributed by atoms with E-state index in [2.05, 4.69) is 21.2 Å². The van der Waals surface area contributed by atoms with Crippen molar-refractivity contribution >= 4 is 21.9 Å². The SMILES string of the molecule is C[C@H](NCc1cc(Br)ccc1F)C(=O)O. The Balaban J connectivity index is 2.65. The van der Waals surface area contributed by atoms with Crippen LogP contribution in [0, 0.1) is 5.82 Å². The Morgan fingerprint density at radius 2 is 2.33 bits per heavy atom. The number of hydrogen-bond donors (Lipinski definition) is 2. The van der Waals surface area contributed by atoms with E-state index < -0.39 is 12.0 Å². The highest BCUT2D eigenvalue weighted by atomic mass is 79.9. The second kappa shape index (κ2) is 5.23. The van der Waals surface area contributed by atoms with Crippen molar-refractivity contribution in [1.82, 2.24) is 5.32 Å². The molecule has 0 saturated heterocycles. The number of benzene rings is 1. The lowest BCUT2D eigenvalue weighted by molar-refractivity contribution is -0.139. The maximum Gasteiger partial charge on any atom is 0.320 e. The first-order chi connectivity index (χ1) is 7.00. The highest BCUT2D eigenvalue weighted by Gasteiger charge is 2.10. The van der Waals surface area contributed by atoms with E-state index in [0.29, 0.717) is 5.56 Å². The minimum absolute atomic E-state index is 0.193. The van der Waals surface area contributed by atoms with Gasteiger partial charge in [0.15, 0.2) is 0 Å². The fraction of sp³-hybridized carbons (Fsp3) is 0.300. The monoisotopic (exact) mass is 275 g/mol. The zero-order valence-electron chi connectivity index (χ0n) is 8.13. The molecule has 0 aliphatic heterocycles. The lowest BCUT2D eigenvalue weighted by Gasteiger charge is -2.09. The number of nitrogens with one attached hydrogen (secondary N) is 1. The fourth-order valence-electron chi connectivity index (χ4n) is 1.03. The Kier molecular flexibility index (Phi) is 4.23. The van der Waals surface area contributed by atoms with Crippen LogP contribution in [-0.2, 0) is 11.3 Å². The molecule has 1 aromatic rings. The summed E-state index contributed by atoms with van der Waals surface area (Å²) >= 11 is 3.22. The first-order valence-electron chi connectivity index (χ1n) is 4.41. The number of aliphatic carboxylic acids is 1. The van der Waals surface area contributed by atoms with Crippen LogP contribution < -0.4 is 5.32 Å². The lowest BCUT2D eigenvalue weighted by Crippen LogP contribution is -2.33. The lowest BCUT2D eigenvalue weighted by atomic mass is 10.2. The molecule has 1 aromatic carbocycles. The van der Waals surface area contributed by atoms with E-state index in [9.17, 15) is 9.18 Å². The second-order valence-corrected chi connectivity index (χ2v) is 4.09. The molecule has 3 nitrogen and oxygen atoms in total. The largest absolute Gasteiger partial charge is 0.480 e. The van der Waals surface area contributed by atoms with Crippen LogP contribution in [0.4, 0.5) is 4.39 Å². The van der Waals surface area contributed by atoms with Crippen molar-refractivity contribution < 1.29 is 14.3 Å². The van der Waals surface area contributed by atoms with Crippen molar-refractivity contribution in [1.29, 1.82) is 0 Å². The van der Waals surface area contributed by atoms with Crippen molar-refractivity contribution in [2.75, 3.05) is 0 Å². The number of carboxylic acids is 1. The molecule has 0 amide bonds. The number of hydrogen-bond acceptors (Lipinski definition) is 2. The number of carboxylic acid groups (broad SMARTS) is 1. The van der Waals surface area contributed by atoms with E-state index in [1.807, 2.05) is 0 Å². The van der Waals surface area contributed by atoms with Crippen molar-refractivity contribution in [2.45, 2.75) is 19.5 Å². The first-order valence-corrected chi connectivity index (χ1v) is 5.20. The third kappa shape index (κ3) is 3.60. The van der Waals surface area contributed by atoms with Crippen LogP contribution in [0.3, 0.4) is 0 Å². The minimum atomic E-state index is -0.953. The van der Waals surface area contributed by atoms with Gasteiger partial charge in [0.05, 0.1) is 0 Å². The third-order valence-corrected chi connectivity index (χ3v) is 2.47. The second-order valence-electron chi connectivity index (χ2n) is 3.18. The highest BCUT2D eigenvalue weighted by Crippen LogP contribution is 2.15. The average Bonchev–Trinajstić information content (AvgIpc) is 2.18. The molecule has 5 heteroatoms. The number of carbonyl (C=O) groups is 1. The quantitative estimate of drug-likeness (QED) is 0.885. The van der Waals surface area contributed by atoms with Gasteiger partial charge in [0, 0.05) is 16.6 Å². The molecular weight excluding hydrogens is 265 g/mol. The van der Waals surface area contributed by atoms with E-state index in [1.54, 1.807) is 12.1 Å². The molecule has 1 atom stereocenters. The molecule has 15 heavy (non-hydrogen) atoms. The van der Waals surface area contributed by atoms with Crippen molar-refractivity contribution in [2.24, 2.45) is 0 Å². The van der Waals surface area contributed by atoms with Gasteiger partial charge >= 0.3 is 5.97 Å². The molecule has 0 spiro atoms. The zero-order chi connectivity index (χ0) is 11.4. The van der Waals surface area contributed by atoms with Gasteiger partial charge in [0.1, 0.15) is 11.9 Å². The molecule has 0 saturated carbocycles. The topological polar surface area (TPSA) is 49.3 Å². The van der Waals surface area contributed by atoms with E-state index in [0.717, 1.165) is 4.47 Å². The highest BCUT2D eigenvalue weighted by molar-refractivity contribution is 9.10. The summed E-state index contributed by atoms with van der Waals surface area (Å²) in [5.41, 5.74) is 0.442. The zero-order valence-corrected chi connectivity index (χ0v) is 9.71. The predicted octanol–water partition coefficient (Wildman–Crippen LogP) is 2.15. The van der Waals surface area contributed by atoms with E-state index in [4.69, 9.17) is 5.11 Å². The molecule has 1 rings (SSSR count). The van der Waals surface area contributed by atoms with Crippen LogP contribution >= 0.6 is 15.9 Å². The number of halogens is 2. The fourth-order valence-corrected chi connectivity index (χ4v) is 1.44. The molecule has 0 aromatic heterocycles. The van der Waals surface area contributed by atoms with Crippen molar-refractivity contribution in [3.05, 3.63) is 34.1 Å². The predicted molar refractivity (Wildman–Crippen MR) is 58.0 cm³/mol. The summed E-state index contributed by atoms with van der Waals surface area (Å²) in [7, 11) is 0. The Morgan fingerprint density at radius 3 is 2.93 bits per heavy atom. The molecular formula is C10H11BrFNO2. The van der Waals surface area contributed by atoms with Crippen molar-refractivity contribution in [3.8, 4) is 0 Å². The molecule has 0 fully saturated rings. The normalized spacial score (nSPS) is 12.5. The van der Waals surface area contributed by atoms with Crippen LogP contribution in [0.2, 0.25) is 0 Å². The van der Waals surface area contributed by atoms with Crippen LogP contribution in [-0.4, -0.2) is 17.1 Å². The van der Waals surface area contributed by atoms with Crippen LogP contribution in [0.1, 0.15) is 12.5 Å². The summed E-state index contributed by atoms with van der Waals surface area (Å²) in [6.45, 7) is 1.71. The van der Waals surface area contributed by atoms with Gasteiger partial charge in [-0.25, -0.2) is 4.39 Å². The van der Waals surface area contributed by atoms with Crippen LogP contribution in [0.25, 0.3) is 0 Å². The molecule has 0 aliphatic rings. The molecule has 2 N–H and O–H groups in total. The maximum atomic E-state index is 13.2. The van der Waals surface area contributed by atoms with Gasteiger partial charge in [-0.3, -0.25) is 4.79 Å². The van der Waals surface area contributed by atoms with E-state index in [-0.39, 0.29) is 12.4 Å². The number of rotatable bonds is 4. The van der Waals surface area contributed by atoms with Gasteiger partial charge in [-0.05, 0) is 25.1 Å². The molecule has 82 valence electrons. The third-order valence-electron chi connectivity index (χ3n) is 1.98. The summed E-state index contributed by atoms with van der Waals surface area (Å²) in [6.07, 6.45) is 0. The van der Waals surface area contributed by atoms with Gasteiger partial charge in [-0.1, -0.05) is 15.9 Å². The summed E-state index contributed by atoms with van der Waals surface area (Å²) < 4.78 is 14.0. The van der Waals surface area contributed by atoms with Crippen LogP contribution in [0.15, 0.2) is 22.7 Å². The van der Waals surface area contributed by atoms with Gasteiger partial charge < -0.3 is 10.4 Å². The minimum Gasteiger partial charge on any atom is -0.480 e. The van der Waals surface area contributed by atoms with Crippen molar-refractivity contribution in [3.63, 3.8) is 0 Å². The van der Waals surface area contributed by atoms with Gasteiger partial charge in [-0.2, -0.15) is 0 Å². The molecule has 0 bridgehead atoms. The summed E-state index contributed by atoms with van der Waals surface area (Å²) in [5.74, 6) is -1.30. The summed E-state index contributed by atoms with van der Waals surface area (Å²) in [6, 6.07) is 3.87. The average molecular weight is 276 g/mol. The molecule has 0 heterocycles. The van der Waals surface area contributed by atoms with E-state index in [1.165, 1.54) is 13.0 Å². The Bertz CT molecular complexity index is 370. The Hall–Kier alpha value is -0.940. The standard InChI is InChI=1S/C10H11BrFNO2/c1-6(10(14)15)13-5-7-4-8(11)2-3-9(7)12/h2-4,6,13H,5H2,1H3,(H,14,15)/t6-/m0/s1. The molecule has 0 aliphatic carbocycles. The van der Waals surface area contributed by atoms with Crippen LogP contribution in [0.5, 0.6) is 0 Å². The Labute approximate surface area is 95.4 Å². The summed E-state index contributed by atoms with van der Waals surface area (Å²) in [5, 5.41) is 11.3. The maximum absolute atomic E-state index is 13.2. The smallest absolute Gasteiger partial charge is 0.320 e. The molecule has 0 radical (unpaired) electrons. The first kappa shape index (κ1) is 12.1. The molecule has 0 unspecified atom stereocenters. The van der Waals surface area contributed by atoms with Gasteiger partial charge in [-0.15, -0.1) is 0 Å². The van der Waals surface area contributed by atoms with Gasteiger partial charge in [0.2, 0.25) is 0 Å².